The summed E-state index contributed by atoms with van der Waals surface area (Å²) in [6, 6.07) is 3.63. The van der Waals surface area contributed by atoms with Gasteiger partial charge in [0.2, 0.25) is 0 Å². The number of hydrogen-bond donors (Lipinski definition) is 2. The van der Waals surface area contributed by atoms with Crippen LogP contribution in [0.3, 0.4) is 0 Å². The molecule has 0 atom stereocenters. The molecule has 3 aromatic rings. The van der Waals surface area contributed by atoms with E-state index in [0.717, 1.165) is 11.4 Å². The molecule has 8 heteroatoms. The van der Waals surface area contributed by atoms with Crippen molar-refractivity contribution in [1.82, 2.24) is 19.9 Å². The third-order valence-corrected chi connectivity index (χ3v) is 3.80. The van der Waals surface area contributed by atoms with Crippen molar-refractivity contribution in [3.8, 4) is 0 Å². The van der Waals surface area contributed by atoms with Gasteiger partial charge in [0.1, 0.15) is 6.33 Å². The number of carbonyl (C=O) groups is 1. The summed E-state index contributed by atoms with van der Waals surface area (Å²) in [4.78, 5) is 29.0. The van der Waals surface area contributed by atoms with Gasteiger partial charge in [0.25, 0.3) is 5.91 Å². The van der Waals surface area contributed by atoms with Gasteiger partial charge in [-0.15, -0.1) is 11.3 Å². The van der Waals surface area contributed by atoms with E-state index in [1.165, 1.54) is 17.7 Å². The molecule has 0 bridgehead atoms. The maximum absolute atomic E-state index is 12.5. The largest absolute Gasteiger partial charge is 0.351 e. The molecule has 0 saturated heterocycles. The van der Waals surface area contributed by atoms with Crippen LogP contribution < -0.4 is 10.6 Å². The van der Waals surface area contributed by atoms with Crippen LogP contribution in [-0.2, 0) is 0 Å². The lowest BCUT2D eigenvalue weighted by Gasteiger charge is -2.11. The summed E-state index contributed by atoms with van der Waals surface area (Å²) in [5.74, 6) is -0.317. The minimum Gasteiger partial charge on any atom is -0.351 e. The molecule has 0 spiro atoms. The first-order chi connectivity index (χ1) is 11.1. The molecule has 2 N–H and O–H groups in total. The number of pyridine rings is 1. The third kappa shape index (κ3) is 3.67. The molecule has 7 nitrogen and oxygen atoms in total. The van der Waals surface area contributed by atoms with Gasteiger partial charge in [-0.3, -0.25) is 10.1 Å². The Morgan fingerprint density at radius 2 is 1.87 bits per heavy atom. The zero-order valence-electron chi connectivity index (χ0n) is 12.6. The van der Waals surface area contributed by atoms with Gasteiger partial charge in [-0.05, 0) is 26.0 Å². The topological polar surface area (TPSA) is 92.7 Å². The summed E-state index contributed by atoms with van der Waals surface area (Å²) in [6.45, 7) is 3.71. The monoisotopic (exact) mass is 326 g/mol. The second kappa shape index (κ2) is 6.49. The quantitative estimate of drug-likeness (QED) is 0.766. The van der Waals surface area contributed by atoms with Crippen LogP contribution >= 0.6 is 11.3 Å². The number of anilines is 3. The Hall–Kier alpha value is -2.87. The molecule has 0 aromatic carbocycles. The van der Waals surface area contributed by atoms with Crippen LogP contribution in [0, 0.1) is 13.8 Å². The van der Waals surface area contributed by atoms with Crippen molar-refractivity contribution in [3.05, 3.63) is 53.3 Å². The predicted octanol–water partition coefficient (Wildman–Crippen LogP) is 2.94. The summed E-state index contributed by atoms with van der Waals surface area (Å²) in [5.41, 5.74) is 3.16. The molecule has 0 saturated carbocycles. The van der Waals surface area contributed by atoms with Crippen molar-refractivity contribution in [2.24, 2.45) is 0 Å². The first kappa shape index (κ1) is 15.0. The predicted molar refractivity (Wildman–Crippen MR) is 89.1 cm³/mol. The van der Waals surface area contributed by atoms with E-state index in [1.807, 2.05) is 25.3 Å². The maximum Gasteiger partial charge on any atom is 0.278 e. The van der Waals surface area contributed by atoms with Gasteiger partial charge in [0, 0.05) is 11.1 Å². The zero-order chi connectivity index (χ0) is 16.2. The van der Waals surface area contributed by atoms with Crippen molar-refractivity contribution in [1.29, 1.82) is 0 Å². The smallest absolute Gasteiger partial charge is 0.278 e. The van der Waals surface area contributed by atoms with Gasteiger partial charge in [-0.2, -0.15) is 0 Å². The van der Waals surface area contributed by atoms with E-state index < -0.39 is 0 Å². The SMILES string of the molecule is Cc1csc(NC(=O)c2nc(C)ccc2Nc2cncnc2)n1. The molecule has 0 aliphatic carbocycles. The van der Waals surface area contributed by atoms with Crippen molar-refractivity contribution in [3.63, 3.8) is 0 Å². The molecular weight excluding hydrogens is 312 g/mol. The number of nitrogens with zero attached hydrogens (tertiary/aromatic N) is 4. The lowest BCUT2D eigenvalue weighted by Crippen LogP contribution is -2.16. The number of nitrogens with one attached hydrogen (secondary N) is 2. The second-order valence-electron chi connectivity index (χ2n) is 4.85. The van der Waals surface area contributed by atoms with Gasteiger partial charge >= 0.3 is 0 Å². The fourth-order valence-corrected chi connectivity index (χ4v) is 2.60. The molecule has 3 aromatic heterocycles. The third-order valence-electron chi connectivity index (χ3n) is 2.93. The van der Waals surface area contributed by atoms with E-state index >= 15 is 0 Å². The number of amides is 1. The van der Waals surface area contributed by atoms with E-state index in [-0.39, 0.29) is 5.91 Å². The molecule has 1 amide bonds. The van der Waals surface area contributed by atoms with E-state index in [2.05, 4.69) is 30.6 Å². The summed E-state index contributed by atoms with van der Waals surface area (Å²) >= 11 is 1.38. The Morgan fingerprint density at radius 3 is 2.57 bits per heavy atom. The van der Waals surface area contributed by atoms with Crippen LogP contribution in [0.15, 0.2) is 36.2 Å². The van der Waals surface area contributed by atoms with Gasteiger partial charge in [-0.25, -0.2) is 19.9 Å². The van der Waals surface area contributed by atoms with Crippen LogP contribution in [-0.4, -0.2) is 25.8 Å². The molecule has 0 unspecified atom stereocenters. The Kier molecular flexibility index (Phi) is 4.24. The molecule has 116 valence electrons. The van der Waals surface area contributed by atoms with Crippen molar-refractivity contribution in [2.75, 3.05) is 10.6 Å². The van der Waals surface area contributed by atoms with Crippen molar-refractivity contribution < 1.29 is 4.79 Å². The number of rotatable bonds is 4. The van der Waals surface area contributed by atoms with E-state index in [4.69, 9.17) is 0 Å². The zero-order valence-corrected chi connectivity index (χ0v) is 13.4. The average molecular weight is 326 g/mol. The van der Waals surface area contributed by atoms with Crippen LogP contribution in [0.5, 0.6) is 0 Å². The molecule has 23 heavy (non-hydrogen) atoms. The Labute approximate surface area is 136 Å². The minimum atomic E-state index is -0.317. The van der Waals surface area contributed by atoms with E-state index in [1.54, 1.807) is 18.5 Å². The second-order valence-corrected chi connectivity index (χ2v) is 5.71. The number of thiazole rings is 1. The number of aryl methyl sites for hydroxylation is 2. The molecule has 3 heterocycles. The summed E-state index contributed by atoms with van der Waals surface area (Å²) in [5, 5.41) is 8.29. The first-order valence-corrected chi connectivity index (χ1v) is 7.73. The van der Waals surface area contributed by atoms with Gasteiger partial charge in [0.15, 0.2) is 10.8 Å². The molecule has 0 aliphatic rings. The molecular formula is C15H14N6OS. The molecule has 0 radical (unpaired) electrons. The van der Waals surface area contributed by atoms with Crippen LogP contribution in [0.2, 0.25) is 0 Å². The maximum atomic E-state index is 12.5. The highest BCUT2D eigenvalue weighted by Crippen LogP contribution is 2.21. The normalized spacial score (nSPS) is 10.3. The fraction of sp³-hybridized carbons (Fsp3) is 0.133. The lowest BCUT2D eigenvalue weighted by molar-refractivity contribution is 0.102. The van der Waals surface area contributed by atoms with E-state index in [0.29, 0.717) is 22.2 Å². The Morgan fingerprint density at radius 1 is 1.09 bits per heavy atom. The van der Waals surface area contributed by atoms with Crippen LogP contribution in [0.4, 0.5) is 16.5 Å². The van der Waals surface area contributed by atoms with Gasteiger partial charge in [0.05, 0.1) is 29.5 Å². The number of hydrogen-bond acceptors (Lipinski definition) is 7. The summed E-state index contributed by atoms with van der Waals surface area (Å²) < 4.78 is 0. The standard InChI is InChI=1S/C15H14N6OS/c1-9-3-4-12(20-11-5-16-8-17-6-11)13(18-9)14(22)21-15-19-10(2)7-23-15/h3-8,20H,1-2H3,(H,19,21,22). The highest BCUT2D eigenvalue weighted by molar-refractivity contribution is 7.13. The average Bonchev–Trinajstić information content (AvgIpc) is 2.95. The molecule has 0 fully saturated rings. The fourth-order valence-electron chi connectivity index (χ4n) is 1.92. The van der Waals surface area contributed by atoms with Crippen LogP contribution in [0.1, 0.15) is 21.9 Å². The minimum absolute atomic E-state index is 0.293. The Bertz CT molecular complexity index is 833. The van der Waals surface area contributed by atoms with Crippen molar-refractivity contribution >= 4 is 33.8 Å². The molecule has 0 aliphatic heterocycles. The lowest BCUT2D eigenvalue weighted by atomic mass is 10.2. The Balaban J connectivity index is 1.88. The summed E-state index contributed by atoms with van der Waals surface area (Å²) in [6.07, 6.45) is 4.69. The molecule has 3 rings (SSSR count). The van der Waals surface area contributed by atoms with Gasteiger partial charge < -0.3 is 5.32 Å². The summed E-state index contributed by atoms with van der Waals surface area (Å²) in [7, 11) is 0. The van der Waals surface area contributed by atoms with Crippen molar-refractivity contribution in [2.45, 2.75) is 13.8 Å². The van der Waals surface area contributed by atoms with E-state index in [9.17, 15) is 4.79 Å². The number of carbonyl (C=O) groups excluding carboxylic acids is 1. The highest BCUT2D eigenvalue weighted by Gasteiger charge is 2.15. The van der Waals surface area contributed by atoms with Gasteiger partial charge in [-0.1, -0.05) is 0 Å². The first-order valence-electron chi connectivity index (χ1n) is 6.85. The number of aromatic nitrogens is 4. The van der Waals surface area contributed by atoms with Crippen LogP contribution in [0.25, 0.3) is 0 Å². The highest BCUT2D eigenvalue weighted by atomic mass is 32.1.